The first-order valence-corrected chi connectivity index (χ1v) is 11.2. The Morgan fingerprint density at radius 1 is 1.10 bits per heavy atom. The minimum atomic E-state index is -0.725. The van der Waals surface area contributed by atoms with Crippen molar-refractivity contribution in [2.45, 2.75) is 11.3 Å². The molecule has 0 aliphatic carbocycles. The van der Waals surface area contributed by atoms with Gasteiger partial charge in [0.25, 0.3) is 5.56 Å². The summed E-state index contributed by atoms with van der Waals surface area (Å²) in [4.78, 5) is 18.4. The molecular weight excluding hydrogens is 420 g/mol. The molecule has 8 heteroatoms. The van der Waals surface area contributed by atoms with Crippen molar-refractivity contribution in [3.8, 4) is 17.2 Å². The lowest BCUT2D eigenvalue weighted by Crippen LogP contribution is -2.23. The second-order valence-electron chi connectivity index (χ2n) is 6.46. The number of aromatic nitrogens is 2. The standard InChI is InChI=1S/C22H20N2O4S2/c1-27-17-7-9-18(10-8-17)28-13-16(25)14-30-22-23-20-19(11-12-29-20)21(26)24(22)15-5-3-2-4-6-15/h2-12,16,25H,13-14H2,1H3. The number of para-hydroxylation sites is 1. The number of hydrogen-bond acceptors (Lipinski definition) is 7. The lowest BCUT2D eigenvalue weighted by molar-refractivity contribution is 0.126. The molecule has 4 aromatic rings. The number of ether oxygens (including phenoxy) is 2. The highest BCUT2D eigenvalue weighted by atomic mass is 32.2. The largest absolute Gasteiger partial charge is 0.497 e. The van der Waals surface area contributed by atoms with Crippen LogP contribution in [0.25, 0.3) is 15.9 Å². The molecule has 0 aliphatic heterocycles. The third kappa shape index (κ3) is 4.51. The minimum absolute atomic E-state index is 0.112. The smallest absolute Gasteiger partial charge is 0.267 e. The molecule has 154 valence electrons. The van der Waals surface area contributed by atoms with Crippen LogP contribution in [0.4, 0.5) is 0 Å². The quantitative estimate of drug-likeness (QED) is 0.330. The van der Waals surface area contributed by atoms with Crippen molar-refractivity contribution >= 4 is 33.3 Å². The summed E-state index contributed by atoms with van der Waals surface area (Å²) in [6.45, 7) is 0.135. The van der Waals surface area contributed by atoms with E-state index in [0.717, 1.165) is 11.4 Å². The van der Waals surface area contributed by atoms with Crippen molar-refractivity contribution in [1.29, 1.82) is 0 Å². The van der Waals surface area contributed by atoms with Gasteiger partial charge in [0.05, 0.1) is 24.3 Å². The number of thiophene rings is 1. The van der Waals surface area contributed by atoms with Gasteiger partial charge in [-0.15, -0.1) is 11.3 Å². The highest BCUT2D eigenvalue weighted by molar-refractivity contribution is 7.99. The predicted octanol–water partition coefficient (Wildman–Crippen LogP) is 3.99. The topological polar surface area (TPSA) is 73.6 Å². The first kappa shape index (κ1) is 20.5. The predicted molar refractivity (Wildman–Crippen MR) is 120 cm³/mol. The second-order valence-corrected chi connectivity index (χ2v) is 8.34. The van der Waals surface area contributed by atoms with Crippen LogP contribution in [-0.2, 0) is 0 Å². The van der Waals surface area contributed by atoms with Crippen LogP contribution in [0.2, 0.25) is 0 Å². The average Bonchev–Trinajstić information content (AvgIpc) is 3.26. The first-order chi connectivity index (χ1) is 14.7. The minimum Gasteiger partial charge on any atom is -0.497 e. The van der Waals surface area contributed by atoms with Crippen molar-refractivity contribution < 1.29 is 14.6 Å². The normalized spacial score (nSPS) is 12.1. The molecule has 0 amide bonds. The van der Waals surface area contributed by atoms with Crippen molar-refractivity contribution in [3.63, 3.8) is 0 Å². The lowest BCUT2D eigenvalue weighted by atomic mass is 10.3. The number of aliphatic hydroxyl groups is 1. The molecule has 4 rings (SSSR count). The summed E-state index contributed by atoms with van der Waals surface area (Å²) in [7, 11) is 1.60. The van der Waals surface area contributed by atoms with Crippen LogP contribution >= 0.6 is 23.1 Å². The molecule has 0 radical (unpaired) electrons. The monoisotopic (exact) mass is 440 g/mol. The SMILES string of the molecule is COc1ccc(OCC(O)CSc2nc3sccc3c(=O)n2-c2ccccc2)cc1. The van der Waals surface area contributed by atoms with Gasteiger partial charge in [0.2, 0.25) is 0 Å². The fourth-order valence-corrected chi connectivity index (χ4v) is 4.60. The van der Waals surface area contributed by atoms with Crippen molar-refractivity contribution in [3.05, 3.63) is 76.4 Å². The first-order valence-electron chi connectivity index (χ1n) is 9.29. The van der Waals surface area contributed by atoms with Crippen LogP contribution in [-0.4, -0.2) is 40.2 Å². The highest BCUT2D eigenvalue weighted by Gasteiger charge is 2.16. The van der Waals surface area contributed by atoms with E-state index in [1.807, 2.05) is 35.7 Å². The summed E-state index contributed by atoms with van der Waals surface area (Å²) < 4.78 is 12.4. The Kier molecular flexibility index (Phi) is 6.37. The van der Waals surface area contributed by atoms with E-state index in [1.165, 1.54) is 23.1 Å². The van der Waals surface area contributed by atoms with E-state index in [1.54, 1.807) is 42.0 Å². The average molecular weight is 441 g/mol. The molecule has 0 aliphatic rings. The van der Waals surface area contributed by atoms with Crippen LogP contribution in [0, 0.1) is 0 Å². The number of nitrogens with zero attached hydrogens (tertiary/aromatic N) is 2. The summed E-state index contributed by atoms with van der Waals surface area (Å²) in [5.41, 5.74) is 0.633. The van der Waals surface area contributed by atoms with Gasteiger partial charge in [-0.2, -0.15) is 0 Å². The Morgan fingerprint density at radius 3 is 2.57 bits per heavy atom. The molecule has 0 saturated heterocycles. The molecule has 2 heterocycles. The number of aliphatic hydroxyl groups excluding tert-OH is 1. The van der Waals surface area contributed by atoms with Gasteiger partial charge in [0, 0.05) is 5.75 Å². The van der Waals surface area contributed by atoms with Crippen molar-refractivity contribution in [2.24, 2.45) is 0 Å². The van der Waals surface area contributed by atoms with Crippen LogP contribution in [0.15, 0.2) is 76.0 Å². The molecule has 1 N–H and O–H groups in total. The zero-order chi connectivity index (χ0) is 20.9. The van der Waals surface area contributed by atoms with Gasteiger partial charge in [0.15, 0.2) is 5.16 Å². The molecule has 0 saturated carbocycles. The van der Waals surface area contributed by atoms with E-state index in [9.17, 15) is 9.90 Å². The summed E-state index contributed by atoms with van der Waals surface area (Å²) >= 11 is 2.76. The molecule has 2 aromatic carbocycles. The fraction of sp³-hybridized carbons (Fsp3) is 0.182. The van der Waals surface area contributed by atoms with E-state index in [-0.39, 0.29) is 12.2 Å². The maximum atomic E-state index is 13.0. The summed E-state index contributed by atoms with van der Waals surface area (Å²) in [5, 5.41) is 13.4. The molecule has 1 atom stereocenters. The molecule has 0 fully saturated rings. The molecule has 2 aromatic heterocycles. The number of methoxy groups -OCH3 is 1. The van der Waals surface area contributed by atoms with Crippen molar-refractivity contribution in [2.75, 3.05) is 19.5 Å². The molecule has 0 bridgehead atoms. The second kappa shape index (κ2) is 9.34. The van der Waals surface area contributed by atoms with Gasteiger partial charge in [-0.3, -0.25) is 9.36 Å². The summed E-state index contributed by atoms with van der Waals surface area (Å²) in [6, 6.07) is 18.4. The van der Waals surface area contributed by atoms with Crippen LogP contribution < -0.4 is 15.0 Å². The van der Waals surface area contributed by atoms with Gasteiger partial charge in [-0.05, 0) is 47.8 Å². The number of benzene rings is 2. The zero-order valence-corrected chi connectivity index (χ0v) is 17.9. The number of thioether (sulfide) groups is 1. The van der Waals surface area contributed by atoms with Crippen LogP contribution in [0.1, 0.15) is 0 Å². The van der Waals surface area contributed by atoms with Gasteiger partial charge in [0.1, 0.15) is 22.9 Å². The van der Waals surface area contributed by atoms with Crippen LogP contribution in [0.5, 0.6) is 11.5 Å². The van der Waals surface area contributed by atoms with Gasteiger partial charge >= 0.3 is 0 Å². The maximum Gasteiger partial charge on any atom is 0.267 e. The molecule has 0 spiro atoms. The van der Waals surface area contributed by atoms with Crippen molar-refractivity contribution in [1.82, 2.24) is 9.55 Å². The summed E-state index contributed by atoms with van der Waals surface area (Å²) in [6.07, 6.45) is -0.725. The van der Waals surface area contributed by atoms with Gasteiger partial charge in [-0.25, -0.2) is 4.98 Å². The molecule has 6 nitrogen and oxygen atoms in total. The van der Waals surface area contributed by atoms with E-state index < -0.39 is 6.10 Å². The van der Waals surface area contributed by atoms with E-state index in [0.29, 0.717) is 26.9 Å². The number of rotatable bonds is 8. The highest BCUT2D eigenvalue weighted by Crippen LogP contribution is 2.24. The third-order valence-electron chi connectivity index (χ3n) is 4.39. The van der Waals surface area contributed by atoms with E-state index >= 15 is 0 Å². The van der Waals surface area contributed by atoms with E-state index in [4.69, 9.17) is 9.47 Å². The summed E-state index contributed by atoms with van der Waals surface area (Å²) in [5.74, 6) is 1.73. The lowest BCUT2D eigenvalue weighted by Gasteiger charge is -2.15. The Morgan fingerprint density at radius 2 is 1.83 bits per heavy atom. The van der Waals surface area contributed by atoms with E-state index in [2.05, 4.69) is 4.98 Å². The molecular formula is C22H20N2O4S2. The maximum absolute atomic E-state index is 13.0. The molecule has 30 heavy (non-hydrogen) atoms. The fourth-order valence-electron chi connectivity index (χ4n) is 2.88. The number of fused-ring (bicyclic) bond motifs is 1. The van der Waals surface area contributed by atoms with Crippen LogP contribution in [0.3, 0.4) is 0 Å². The van der Waals surface area contributed by atoms with Gasteiger partial charge < -0.3 is 14.6 Å². The zero-order valence-electron chi connectivity index (χ0n) is 16.2. The Hall–Kier alpha value is -2.81. The number of hydrogen-bond donors (Lipinski definition) is 1. The Balaban J connectivity index is 1.49. The van der Waals surface area contributed by atoms with Gasteiger partial charge in [-0.1, -0.05) is 30.0 Å². The Labute approximate surface area is 181 Å². The third-order valence-corrected chi connectivity index (χ3v) is 6.28. The Bertz CT molecular complexity index is 1170. The molecule has 1 unspecified atom stereocenters.